The lowest BCUT2D eigenvalue weighted by Crippen LogP contribution is -2.49. The van der Waals surface area contributed by atoms with Crippen molar-refractivity contribution >= 4 is 17.5 Å². The van der Waals surface area contributed by atoms with Crippen molar-refractivity contribution in [2.45, 2.75) is 38.1 Å². The molecule has 2 aliphatic rings. The van der Waals surface area contributed by atoms with Crippen molar-refractivity contribution in [3.63, 3.8) is 0 Å². The molecule has 1 aromatic carbocycles. The molecule has 2 amide bonds. The number of benzene rings is 1. The Hall–Kier alpha value is -3.30. The summed E-state index contributed by atoms with van der Waals surface area (Å²) in [4.78, 5) is 39.6. The topological polar surface area (TPSA) is 117 Å². The number of hydrogen-bond acceptors (Lipinski definition) is 7. The van der Waals surface area contributed by atoms with Crippen LogP contribution in [0.25, 0.3) is 0 Å². The Labute approximate surface area is 181 Å². The van der Waals surface area contributed by atoms with Crippen LogP contribution in [-0.4, -0.2) is 65.9 Å². The molecule has 0 aliphatic carbocycles. The first kappa shape index (κ1) is 22.4. The minimum absolute atomic E-state index is 0.0380. The Morgan fingerprint density at radius 1 is 1.19 bits per heavy atom. The average molecular weight is 431 g/mol. The van der Waals surface area contributed by atoms with Crippen LogP contribution in [0.4, 0.5) is 5.69 Å². The van der Waals surface area contributed by atoms with Crippen LogP contribution < -0.4 is 15.4 Å². The molecule has 0 aromatic heterocycles. The van der Waals surface area contributed by atoms with Gasteiger partial charge >= 0.3 is 0 Å². The molecule has 2 saturated heterocycles. The van der Waals surface area contributed by atoms with Crippen LogP contribution >= 0.6 is 0 Å². The van der Waals surface area contributed by atoms with Crippen LogP contribution in [0.5, 0.6) is 5.75 Å². The first-order valence-corrected chi connectivity index (χ1v) is 10.6. The first-order valence-electron chi connectivity index (χ1n) is 10.6. The van der Waals surface area contributed by atoms with Crippen molar-refractivity contribution in [3.8, 4) is 5.75 Å². The lowest BCUT2D eigenvalue weighted by molar-refractivity contribution is -0.403. The summed E-state index contributed by atoms with van der Waals surface area (Å²) >= 11 is 0. The summed E-state index contributed by atoms with van der Waals surface area (Å²) in [6, 6.07) is 6.27. The molecule has 2 N–H and O–H groups in total. The Morgan fingerprint density at radius 2 is 1.87 bits per heavy atom. The van der Waals surface area contributed by atoms with E-state index >= 15 is 0 Å². The number of nitrogens with one attached hydrogen (secondary N) is 2. The SMILES string of the molecule is COc1ccc(N/C(=C/[N+](=O)[O-])N[C@H]2CCCCN(CC(=O)N3CCCC3)C2=O)cc1. The van der Waals surface area contributed by atoms with Gasteiger partial charge < -0.3 is 25.2 Å². The lowest BCUT2D eigenvalue weighted by Gasteiger charge is -2.27. The lowest BCUT2D eigenvalue weighted by atomic mass is 10.1. The molecule has 0 spiro atoms. The van der Waals surface area contributed by atoms with Crippen molar-refractivity contribution in [2.24, 2.45) is 0 Å². The summed E-state index contributed by atoms with van der Waals surface area (Å²) < 4.78 is 5.12. The quantitative estimate of drug-likeness (QED) is 0.476. The number of methoxy groups -OCH3 is 1. The van der Waals surface area contributed by atoms with Gasteiger partial charge in [-0.25, -0.2) is 0 Å². The van der Waals surface area contributed by atoms with E-state index in [0.717, 1.165) is 45.0 Å². The van der Waals surface area contributed by atoms with E-state index in [-0.39, 0.29) is 24.2 Å². The third-order valence-electron chi connectivity index (χ3n) is 5.50. The van der Waals surface area contributed by atoms with E-state index in [1.165, 1.54) is 0 Å². The third kappa shape index (κ3) is 6.34. The van der Waals surface area contributed by atoms with Crippen molar-refractivity contribution in [1.29, 1.82) is 0 Å². The van der Waals surface area contributed by atoms with Crippen LogP contribution in [0.1, 0.15) is 32.1 Å². The van der Waals surface area contributed by atoms with Crippen LogP contribution in [-0.2, 0) is 9.59 Å². The van der Waals surface area contributed by atoms with Gasteiger partial charge in [0.1, 0.15) is 11.8 Å². The zero-order valence-corrected chi connectivity index (χ0v) is 17.7. The number of carbonyl (C=O) groups excluding carboxylic acids is 2. The molecule has 0 radical (unpaired) electrons. The first-order chi connectivity index (χ1) is 15.0. The van der Waals surface area contributed by atoms with Gasteiger partial charge in [-0.15, -0.1) is 0 Å². The molecule has 2 aliphatic heterocycles. The number of amides is 2. The highest BCUT2D eigenvalue weighted by atomic mass is 16.6. The van der Waals surface area contributed by atoms with E-state index in [4.69, 9.17) is 4.74 Å². The Morgan fingerprint density at radius 3 is 2.52 bits per heavy atom. The average Bonchev–Trinajstić information content (AvgIpc) is 3.24. The number of carbonyl (C=O) groups is 2. The number of likely N-dealkylation sites (tertiary alicyclic amines) is 2. The molecule has 1 atom stereocenters. The normalized spacial score (nSPS) is 19.7. The number of ether oxygens (including phenoxy) is 1. The van der Waals surface area contributed by atoms with Gasteiger partial charge in [-0.05, 0) is 56.4 Å². The summed E-state index contributed by atoms with van der Waals surface area (Å²) in [6.07, 6.45) is 4.91. The van der Waals surface area contributed by atoms with Crippen LogP contribution in [0.15, 0.2) is 36.3 Å². The van der Waals surface area contributed by atoms with Crippen LogP contribution in [0.3, 0.4) is 0 Å². The number of nitro groups is 1. The fourth-order valence-electron chi connectivity index (χ4n) is 3.85. The van der Waals surface area contributed by atoms with Gasteiger partial charge in [-0.3, -0.25) is 19.7 Å². The zero-order valence-electron chi connectivity index (χ0n) is 17.7. The molecule has 0 saturated carbocycles. The largest absolute Gasteiger partial charge is 0.497 e. The van der Waals surface area contributed by atoms with E-state index in [0.29, 0.717) is 24.4 Å². The zero-order chi connectivity index (χ0) is 22.2. The molecule has 0 bridgehead atoms. The van der Waals surface area contributed by atoms with Crippen molar-refractivity contribution in [3.05, 3.63) is 46.4 Å². The second-order valence-electron chi connectivity index (χ2n) is 7.72. The van der Waals surface area contributed by atoms with Gasteiger partial charge in [0.25, 0.3) is 6.20 Å². The maximum Gasteiger partial charge on any atom is 0.274 e. The Bertz CT molecular complexity index is 820. The second kappa shape index (κ2) is 10.6. The molecule has 10 heteroatoms. The van der Waals surface area contributed by atoms with Crippen LogP contribution in [0.2, 0.25) is 0 Å². The van der Waals surface area contributed by atoms with E-state index in [2.05, 4.69) is 10.6 Å². The summed E-state index contributed by atoms with van der Waals surface area (Å²) in [7, 11) is 1.56. The maximum atomic E-state index is 13.1. The van der Waals surface area contributed by atoms with E-state index in [1.54, 1.807) is 41.2 Å². The van der Waals surface area contributed by atoms with Gasteiger partial charge in [0.05, 0.1) is 18.6 Å². The molecular weight excluding hydrogens is 402 g/mol. The Balaban J connectivity index is 1.68. The molecule has 2 heterocycles. The highest BCUT2D eigenvalue weighted by molar-refractivity contribution is 5.88. The molecule has 1 aromatic rings. The van der Waals surface area contributed by atoms with Gasteiger partial charge in [0, 0.05) is 25.3 Å². The summed E-state index contributed by atoms with van der Waals surface area (Å²) in [5, 5.41) is 17.1. The monoisotopic (exact) mass is 431 g/mol. The number of rotatable bonds is 8. The highest BCUT2D eigenvalue weighted by Gasteiger charge is 2.30. The summed E-state index contributed by atoms with van der Waals surface area (Å²) in [5.41, 5.74) is 0.614. The van der Waals surface area contributed by atoms with E-state index in [1.807, 2.05) is 0 Å². The molecular formula is C21H29N5O5. The van der Waals surface area contributed by atoms with Crippen molar-refractivity contribution in [2.75, 3.05) is 38.6 Å². The summed E-state index contributed by atoms with van der Waals surface area (Å²) in [6.45, 7) is 2.04. The van der Waals surface area contributed by atoms with Gasteiger partial charge in [0.2, 0.25) is 11.8 Å². The van der Waals surface area contributed by atoms with Crippen molar-refractivity contribution < 1.29 is 19.2 Å². The fourth-order valence-corrected chi connectivity index (χ4v) is 3.85. The van der Waals surface area contributed by atoms with E-state index < -0.39 is 11.0 Å². The molecule has 31 heavy (non-hydrogen) atoms. The third-order valence-corrected chi connectivity index (χ3v) is 5.50. The van der Waals surface area contributed by atoms with Gasteiger partial charge in [-0.1, -0.05) is 0 Å². The van der Waals surface area contributed by atoms with Gasteiger partial charge in [-0.2, -0.15) is 0 Å². The molecule has 168 valence electrons. The molecule has 2 fully saturated rings. The number of hydrogen-bond donors (Lipinski definition) is 2. The second-order valence-corrected chi connectivity index (χ2v) is 7.72. The molecule has 0 unspecified atom stereocenters. The number of anilines is 1. The maximum absolute atomic E-state index is 13.1. The van der Waals surface area contributed by atoms with Gasteiger partial charge in [0.15, 0.2) is 5.82 Å². The fraction of sp³-hybridized carbons (Fsp3) is 0.524. The Kier molecular flexibility index (Phi) is 7.69. The van der Waals surface area contributed by atoms with Crippen LogP contribution in [0, 0.1) is 10.1 Å². The smallest absolute Gasteiger partial charge is 0.274 e. The molecule has 3 rings (SSSR count). The minimum Gasteiger partial charge on any atom is -0.497 e. The predicted octanol–water partition coefficient (Wildman–Crippen LogP) is 1.78. The highest BCUT2D eigenvalue weighted by Crippen LogP contribution is 2.18. The predicted molar refractivity (Wildman–Crippen MR) is 115 cm³/mol. The summed E-state index contributed by atoms with van der Waals surface area (Å²) in [5.74, 6) is 0.525. The minimum atomic E-state index is -0.647. The van der Waals surface area contributed by atoms with Crippen molar-refractivity contribution in [1.82, 2.24) is 15.1 Å². The molecule has 10 nitrogen and oxygen atoms in total. The van der Waals surface area contributed by atoms with E-state index in [9.17, 15) is 19.7 Å². The standard InChI is InChI=1S/C21H29N5O5/c1-31-17-9-7-16(8-10-17)22-19(14-26(29)30)23-18-6-2-3-13-25(21(18)28)15-20(27)24-11-4-5-12-24/h7-10,14,18,22-23H,2-6,11-13,15H2,1H3/b19-14-/t18-/m0/s1. The number of nitrogens with zero attached hydrogens (tertiary/aromatic N) is 3.